The van der Waals surface area contributed by atoms with Crippen LogP contribution < -0.4 is 10.6 Å². The van der Waals surface area contributed by atoms with Crippen molar-refractivity contribution < 1.29 is 22.3 Å². The summed E-state index contributed by atoms with van der Waals surface area (Å²) in [5, 5.41) is 6.30. The Balaban J connectivity index is 0.000000422. The molecule has 0 radical (unpaired) electrons. The molecule has 1 atom stereocenters. The first-order valence-electron chi connectivity index (χ1n) is 6.78. The van der Waals surface area contributed by atoms with E-state index in [1.54, 1.807) is 0 Å². The van der Waals surface area contributed by atoms with Crippen molar-refractivity contribution in [2.45, 2.75) is 45.3 Å². The Morgan fingerprint density at radius 3 is 2.23 bits per heavy atom. The van der Waals surface area contributed by atoms with Gasteiger partial charge in [-0.2, -0.15) is 8.42 Å². The van der Waals surface area contributed by atoms with Crippen molar-refractivity contribution in [1.29, 1.82) is 0 Å². The Morgan fingerprint density at radius 1 is 1.23 bits per heavy atom. The molecule has 1 heterocycles. The second kappa shape index (κ2) is 7.19. The monoisotopic (exact) mass is 330 g/mol. The third-order valence-corrected chi connectivity index (χ3v) is 2.90. The van der Waals surface area contributed by atoms with Gasteiger partial charge in [0.1, 0.15) is 0 Å². The van der Waals surface area contributed by atoms with Crippen LogP contribution in [0.2, 0.25) is 0 Å². The van der Waals surface area contributed by atoms with Gasteiger partial charge in [0, 0.05) is 12.1 Å². The first-order valence-corrected chi connectivity index (χ1v) is 8.17. The fraction of sp³-hybridized carbons (Fsp3) is 0.500. The Morgan fingerprint density at radius 2 is 1.73 bits per heavy atom. The first kappa shape index (κ1) is 18.6. The average molecular weight is 330 g/mol. The number of amides is 1. The summed E-state index contributed by atoms with van der Waals surface area (Å²) >= 11 is 0. The Hall–Kier alpha value is -1.48. The third-order valence-electron chi connectivity index (χ3n) is 2.90. The number of rotatable bonds is 1. The second-order valence-corrected chi connectivity index (χ2v) is 6.99. The van der Waals surface area contributed by atoms with Crippen LogP contribution in [-0.2, 0) is 28.2 Å². The number of hydrogen-bond acceptors (Lipinski definition) is 4. The largest absolute Gasteiger partial charge is 0.394 e. The molecule has 1 aliphatic heterocycles. The van der Waals surface area contributed by atoms with Crippen molar-refractivity contribution in [3.63, 3.8) is 0 Å². The molecule has 0 aromatic heterocycles. The summed E-state index contributed by atoms with van der Waals surface area (Å²) < 4.78 is 31.6. The van der Waals surface area contributed by atoms with Gasteiger partial charge in [-0.3, -0.25) is 13.9 Å². The molecule has 0 saturated carbocycles. The van der Waals surface area contributed by atoms with Gasteiger partial charge in [-0.25, -0.2) is 0 Å². The lowest BCUT2D eigenvalue weighted by atomic mass is 9.95. The molecule has 0 fully saturated rings. The van der Waals surface area contributed by atoms with Crippen molar-refractivity contribution in [2.24, 2.45) is 0 Å². The zero-order valence-corrected chi connectivity index (χ0v) is 13.6. The van der Waals surface area contributed by atoms with E-state index < -0.39 is 10.4 Å². The second-order valence-electron chi connectivity index (χ2n) is 6.09. The zero-order chi connectivity index (χ0) is 17.0. The number of carbonyl (C=O) groups excluding carboxylic acids is 1. The summed E-state index contributed by atoms with van der Waals surface area (Å²) in [6.45, 7) is 6.78. The van der Waals surface area contributed by atoms with Crippen LogP contribution in [0.4, 0.5) is 0 Å². The molecule has 22 heavy (non-hydrogen) atoms. The van der Waals surface area contributed by atoms with Crippen LogP contribution in [0.5, 0.6) is 0 Å². The van der Waals surface area contributed by atoms with E-state index >= 15 is 0 Å². The van der Waals surface area contributed by atoms with Crippen LogP contribution in [0, 0.1) is 0 Å². The van der Waals surface area contributed by atoms with Gasteiger partial charge in [0.05, 0.1) is 6.04 Å². The fourth-order valence-corrected chi connectivity index (χ4v) is 2.10. The molecule has 0 unspecified atom stereocenters. The molecule has 0 aliphatic carbocycles. The summed E-state index contributed by atoms with van der Waals surface area (Å²) in [5.74, 6) is 0.0898. The highest BCUT2D eigenvalue weighted by atomic mass is 32.3. The minimum Gasteiger partial charge on any atom is -0.350 e. The molecule has 1 aliphatic rings. The van der Waals surface area contributed by atoms with Crippen molar-refractivity contribution in [3.8, 4) is 0 Å². The Kier molecular flexibility index (Phi) is 6.07. The molecule has 1 aromatic rings. The highest BCUT2D eigenvalue weighted by Crippen LogP contribution is 2.16. The lowest BCUT2D eigenvalue weighted by molar-refractivity contribution is -0.124. The molecule has 4 N–H and O–H groups in total. The van der Waals surface area contributed by atoms with E-state index in [4.69, 9.17) is 17.5 Å². The van der Waals surface area contributed by atoms with Crippen LogP contribution in [0.25, 0.3) is 0 Å². The minimum absolute atomic E-state index is 0.0898. The summed E-state index contributed by atoms with van der Waals surface area (Å²) in [4.78, 5) is 12.0. The van der Waals surface area contributed by atoms with E-state index in [1.807, 2.05) is 32.9 Å². The predicted molar refractivity (Wildman–Crippen MR) is 82.8 cm³/mol. The van der Waals surface area contributed by atoms with Crippen LogP contribution in [0.1, 0.15) is 31.9 Å². The predicted octanol–water partition coefficient (Wildman–Crippen LogP) is 0.963. The topological polar surface area (TPSA) is 116 Å². The maximum Gasteiger partial charge on any atom is 0.394 e. The third kappa shape index (κ3) is 7.51. The van der Waals surface area contributed by atoms with Crippen LogP contribution in [-0.4, -0.2) is 35.0 Å². The lowest BCUT2D eigenvalue weighted by Gasteiger charge is -2.29. The van der Waals surface area contributed by atoms with Crippen LogP contribution >= 0.6 is 0 Å². The SMILES string of the molecule is CC(C)(C)NC(=O)[C@@H]1Cc2ccccc2CN1.O=S(=O)(O)O. The normalized spacial score (nSPS) is 17.8. The van der Waals surface area contributed by atoms with Gasteiger partial charge >= 0.3 is 10.4 Å². The van der Waals surface area contributed by atoms with Gasteiger partial charge in [0.2, 0.25) is 5.91 Å². The maximum atomic E-state index is 12.0. The Labute approximate surface area is 130 Å². The van der Waals surface area contributed by atoms with Gasteiger partial charge in [-0.1, -0.05) is 24.3 Å². The van der Waals surface area contributed by atoms with Gasteiger partial charge in [0.15, 0.2) is 0 Å². The number of benzene rings is 1. The average Bonchev–Trinajstić information content (AvgIpc) is 2.34. The smallest absolute Gasteiger partial charge is 0.350 e. The highest BCUT2D eigenvalue weighted by Gasteiger charge is 2.26. The molecule has 2 rings (SSSR count). The molecule has 1 aromatic carbocycles. The van der Waals surface area contributed by atoms with E-state index in [0.717, 1.165) is 13.0 Å². The molecular formula is C14H22N2O5S. The van der Waals surface area contributed by atoms with Crippen molar-refractivity contribution >= 4 is 16.3 Å². The number of fused-ring (bicyclic) bond motifs is 1. The summed E-state index contributed by atoms with van der Waals surface area (Å²) in [6, 6.07) is 8.18. The molecule has 0 bridgehead atoms. The van der Waals surface area contributed by atoms with E-state index in [9.17, 15) is 4.79 Å². The maximum absolute atomic E-state index is 12.0. The Bertz CT molecular complexity index is 614. The van der Waals surface area contributed by atoms with Gasteiger partial charge in [0.25, 0.3) is 0 Å². The zero-order valence-electron chi connectivity index (χ0n) is 12.8. The first-order chi connectivity index (χ1) is 9.96. The van der Waals surface area contributed by atoms with Crippen molar-refractivity contribution in [1.82, 2.24) is 10.6 Å². The number of nitrogens with one attached hydrogen (secondary N) is 2. The standard InChI is InChI=1S/C14H20N2O.H2O4S/c1-14(2,3)16-13(17)12-8-10-6-4-5-7-11(10)9-15-12;1-5(2,3)4/h4-7,12,15H,8-9H2,1-3H3,(H,16,17);(H2,1,2,3,4)/t12-;/m0./s1. The van der Waals surface area contributed by atoms with Gasteiger partial charge in [-0.05, 0) is 38.3 Å². The summed E-state index contributed by atoms with van der Waals surface area (Å²) in [5.41, 5.74) is 2.41. The quantitative estimate of drug-likeness (QED) is 0.570. The molecule has 124 valence electrons. The molecule has 0 saturated heterocycles. The van der Waals surface area contributed by atoms with E-state index in [0.29, 0.717) is 0 Å². The van der Waals surface area contributed by atoms with E-state index in [1.165, 1.54) is 11.1 Å². The lowest BCUT2D eigenvalue weighted by Crippen LogP contribution is -2.52. The molecule has 0 spiro atoms. The van der Waals surface area contributed by atoms with Crippen LogP contribution in [0.15, 0.2) is 24.3 Å². The van der Waals surface area contributed by atoms with Gasteiger partial charge < -0.3 is 10.6 Å². The molecular weight excluding hydrogens is 308 g/mol. The van der Waals surface area contributed by atoms with Crippen molar-refractivity contribution in [2.75, 3.05) is 0 Å². The molecule has 1 amide bonds. The van der Waals surface area contributed by atoms with Gasteiger partial charge in [-0.15, -0.1) is 0 Å². The fourth-order valence-electron chi connectivity index (χ4n) is 2.10. The van der Waals surface area contributed by atoms with Crippen LogP contribution in [0.3, 0.4) is 0 Å². The molecule has 8 heteroatoms. The minimum atomic E-state index is -4.67. The number of hydrogen-bond donors (Lipinski definition) is 4. The van der Waals surface area contributed by atoms with E-state index in [-0.39, 0.29) is 17.5 Å². The van der Waals surface area contributed by atoms with Crippen molar-refractivity contribution in [3.05, 3.63) is 35.4 Å². The number of carbonyl (C=O) groups is 1. The molecule has 7 nitrogen and oxygen atoms in total. The van der Waals surface area contributed by atoms with E-state index in [2.05, 4.69) is 22.8 Å². The summed E-state index contributed by atoms with van der Waals surface area (Å²) in [6.07, 6.45) is 0.776. The summed E-state index contributed by atoms with van der Waals surface area (Å²) in [7, 11) is -4.67. The highest BCUT2D eigenvalue weighted by molar-refractivity contribution is 7.79.